The van der Waals surface area contributed by atoms with E-state index in [0.717, 1.165) is 12.1 Å². The van der Waals surface area contributed by atoms with E-state index in [2.05, 4.69) is 9.98 Å². The number of nitriles is 1. The van der Waals surface area contributed by atoms with E-state index in [1.807, 2.05) is 6.07 Å². The lowest BCUT2D eigenvalue weighted by Crippen LogP contribution is -2.21. The van der Waals surface area contributed by atoms with Crippen LogP contribution in [-0.2, 0) is 13.2 Å². The van der Waals surface area contributed by atoms with Crippen LogP contribution in [0.3, 0.4) is 0 Å². The van der Waals surface area contributed by atoms with Crippen molar-refractivity contribution in [2.75, 3.05) is 0 Å². The molecule has 0 N–H and O–H groups in total. The van der Waals surface area contributed by atoms with E-state index in [1.165, 1.54) is 22.8 Å². The summed E-state index contributed by atoms with van der Waals surface area (Å²) in [4.78, 5) is 19.8. The molecule has 0 fully saturated rings. The number of benzene rings is 2. The zero-order valence-electron chi connectivity index (χ0n) is 14.8. The van der Waals surface area contributed by atoms with Crippen LogP contribution in [0.4, 0.5) is 14.6 Å². The number of aromatic nitrogens is 2. The zero-order valence-corrected chi connectivity index (χ0v) is 14.8. The van der Waals surface area contributed by atoms with Crippen LogP contribution in [0.25, 0.3) is 0 Å². The van der Waals surface area contributed by atoms with Gasteiger partial charge >= 0.3 is 5.69 Å². The third-order valence-electron chi connectivity index (χ3n) is 4.12. The number of aliphatic imine (C=N–C) groups is 1. The third kappa shape index (κ3) is 3.82. The molecule has 0 saturated heterocycles. The van der Waals surface area contributed by atoms with Crippen molar-refractivity contribution in [3.8, 4) is 23.4 Å². The van der Waals surface area contributed by atoms with Gasteiger partial charge in [-0.05, 0) is 29.8 Å². The van der Waals surface area contributed by atoms with Gasteiger partial charge in [0.2, 0.25) is 5.88 Å². The van der Waals surface area contributed by atoms with E-state index >= 15 is 0 Å². The Morgan fingerprint density at radius 3 is 2.79 bits per heavy atom. The minimum atomic E-state index is -1.05. The number of ether oxygens (including phenoxy) is 2. The summed E-state index contributed by atoms with van der Waals surface area (Å²) in [7, 11) is 0. The lowest BCUT2D eigenvalue weighted by Gasteiger charge is -2.10. The van der Waals surface area contributed by atoms with Crippen molar-refractivity contribution in [3.63, 3.8) is 0 Å². The van der Waals surface area contributed by atoms with Gasteiger partial charge in [0.1, 0.15) is 30.0 Å². The van der Waals surface area contributed by atoms with Crippen LogP contribution >= 0.6 is 0 Å². The summed E-state index contributed by atoms with van der Waals surface area (Å²) in [5.74, 6) is -1.20. The normalized spacial score (nSPS) is 11.8. The van der Waals surface area contributed by atoms with Gasteiger partial charge in [0.15, 0.2) is 11.6 Å². The largest absolute Gasteiger partial charge is 0.473 e. The van der Waals surface area contributed by atoms with Gasteiger partial charge in [0, 0.05) is 18.3 Å². The molecule has 0 saturated carbocycles. The Morgan fingerprint density at radius 2 is 2.00 bits per heavy atom. The monoisotopic (exact) mass is 394 g/mol. The summed E-state index contributed by atoms with van der Waals surface area (Å²) >= 11 is 0. The number of rotatable bonds is 5. The highest BCUT2D eigenvalue weighted by Gasteiger charge is 2.13. The molecule has 2 heterocycles. The van der Waals surface area contributed by atoms with E-state index < -0.39 is 17.3 Å². The molecule has 0 atom stereocenters. The second kappa shape index (κ2) is 7.52. The van der Waals surface area contributed by atoms with E-state index in [9.17, 15) is 18.8 Å². The minimum absolute atomic E-state index is 0.0553. The summed E-state index contributed by atoms with van der Waals surface area (Å²) < 4.78 is 38.8. The molecule has 1 aromatic heterocycles. The van der Waals surface area contributed by atoms with Crippen LogP contribution in [0.15, 0.2) is 52.3 Å². The quantitative estimate of drug-likeness (QED) is 0.661. The van der Waals surface area contributed by atoms with Crippen LogP contribution in [0.5, 0.6) is 17.4 Å². The highest BCUT2D eigenvalue weighted by molar-refractivity contribution is 5.66. The first-order valence-electron chi connectivity index (χ1n) is 8.46. The maximum absolute atomic E-state index is 13.3. The molecule has 3 aromatic rings. The lowest BCUT2D eigenvalue weighted by atomic mass is 10.1. The Kier molecular flexibility index (Phi) is 4.75. The molecule has 9 heteroatoms. The standard InChI is InChI=1S/C20H12F2N4O3/c21-15-3-2-14(8-16(15)22)29-17-4-1-12(7-13(17)10-23)11-28-19-9-18-24-5-6-26(18)20(27)25-19/h1-5,7-9H,6,11H2. The predicted octanol–water partition coefficient (Wildman–Crippen LogP) is 3.48. The van der Waals surface area contributed by atoms with Gasteiger partial charge < -0.3 is 9.47 Å². The van der Waals surface area contributed by atoms with Crippen LogP contribution in [0, 0.1) is 23.0 Å². The molecule has 144 valence electrons. The Hall–Kier alpha value is -4.06. The molecule has 4 rings (SSSR count). The van der Waals surface area contributed by atoms with Crippen molar-refractivity contribution in [3.05, 3.63) is 75.7 Å². The molecule has 29 heavy (non-hydrogen) atoms. The summed E-state index contributed by atoms with van der Waals surface area (Å²) in [5.41, 5.74) is 0.357. The van der Waals surface area contributed by atoms with E-state index in [0.29, 0.717) is 17.9 Å². The molecular weight excluding hydrogens is 382 g/mol. The van der Waals surface area contributed by atoms with Gasteiger partial charge in [-0.1, -0.05) is 6.07 Å². The van der Waals surface area contributed by atoms with E-state index in [4.69, 9.17) is 9.47 Å². The molecule has 0 bridgehead atoms. The van der Waals surface area contributed by atoms with E-state index in [1.54, 1.807) is 18.3 Å². The van der Waals surface area contributed by atoms with Crippen molar-refractivity contribution >= 4 is 12.0 Å². The van der Waals surface area contributed by atoms with Crippen LogP contribution in [0.2, 0.25) is 0 Å². The van der Waals surface area contributed by atoms with Crippen molar-refractivity contribution in [1.82, 2.24) is 9.55 Å². The number of nitrogens with zero attached hydrogens (tertiary/aromatic N) is 4. The molecule has 2 aromatic carbocycles. The average Bonchev–Trinajstić information content (AvgIpc) is 3.19. The third-order valence-corrected chi connectivity index (χ3v) is 4.12. The number of hydrogen-bond acceptors (Lipinski definition) is 6. The average molecular weight is 394 g/mol. The second-order valence-electron chi connectivity index (χ2n) is 6.07. The molecule has 1 aliphatic heterocycles. The minimum Gasteiger partial charge on any atom is -0.473 e. The number of halogens is 2. The zero-order chi connectivity index (χ0) is 20.4. The van der Waals surface area contributed by atoms with Gasteiger partial charge in [-0.25, -0.2) is 18.6 Å². The highest BCUT2D eigenvalue weighted by atomic mass is 19.2. The summed E-state index contributed by atoms with van der Waals surface area (Å²) in [6.07, 6.45) is 1.60. The van der Waals surface area contributed by atoms with E-state index in [-0.39, 0.29) is 29.5 Å². The fourth-order valence-corrected chi connectivity index (χ4v) is 2.71. The Labute approximate surface area is 163 Å². The molecule has 0 radical (unpaired) electrons. The smallest absolute Gasteiger partial charge is 0.352 e. The van der Waals surface area contributed by atoms with Crippen molar-refractivity contribution < 1.29 is 18.3 Å². The maximum atomic E-state index is 13.3. The fraction of sp³-hybridized carbons (Fsp3) is 0.100. The highest BCUT2D eigenvalue weighted by Crippen LogP contribution is 2.27. The maximum Gasteiger partial charge on any atom is 0.352 e. The van der Waals surface area contributed by atoms with Crippen LogP contribution < -0.4 is 15.2 Å². The second-order valence-corrected chi connectivity index (χ2v) is 6.07. The van der Waals surface area contributed by atoms with Crippen molar-refractivity contribution in [2.45, 2.75) is 13.2 Å². The van der Waals surface area contributed by atoms with Gasteiger partial charge in [0.25, 0.3) is 0 Å². The van der Waals surface area contributed by atoms with Crippen molar-refractivity contribution in [1.29, 1.82) is 5.26 Å². The summed E-state index contributed by atoms with van der Waals surface area (Å²) in [6, 6.07) is 11.3. The Morgan fingerprint density at radius 1 is 1.14 bits per heavy atom. The molecule has 7 nitrogen and oxygen atoms in total. The molecular formula is C20H12F2N4O3. The first kappa shape index (κ1) is 18.3. The lowest BCUT2D eigenvalue weighted by molar-refractivity contribution is 0.291. The Bertz CT molecular complexity index is 1230. The fourth-order valence-electron chi connectivity index (χ4n) is 2.71. The topological polar surface area (TPSA) is 89.5 Å². The van der Waals surface area contributed by atoms with Gasteiger partial charge in [0.05, 0.1) is 12.1 Å². The molecule has 0 spiro atoms. The summed E-state index contributed by atoms with van der Waals surface area (Å²) in [5, 5.41) is 9.37. The van der Waals surface area contributed by atoms with Crippen molar-refractivity contribution in [2.24, 2.45) is 4.99 Å². The van der Waals surface area contributed by atoms with Gasteiger partial charge in [-0.3, -0.25) is 4.57 Å². The number of fused-ring (bicyclic) bond motifs is 1. The first-order valence-corrected chi connectivity index (χ1v) is 8.46. The Balaban J connectivity index is 1.50. The predicted molar refractivity (Wildman–Crippen MR) is 98.6 cm³/mol. The van der Waals surface area contributed by atoms with Crippen LogP contribution in [0.1, 0.15) is 11.1 Å². The molecule has 0 amide bonds. The molecule has 0 aliphatic carbocycles. The number of hydrogen-bond donors (Lipinski definition) is 0. The first-order chi connectivity index (χ1) is 14.0. The van der Waals surface area contributed by atoms with Crippen LogP contribution in [-0.4, -0.2) is 15.8 Å². The molecule has 1 aliphatic rings. The van der Waals surface area contributed by atoms with Gasteiger partial charge in [-0.15, -0.1) is 0 Å². The summed E-state index contributed by atoms with van der Waals surface area (Å²) in [6.45, 7) is 0.437. The SMILES string of the molecule is N#Cc1cc(COc2cc3n(c(=O)n2)CC=N3)ccc1Oc1ccc(F)c(F)c1. The molecule has 0 unspecified atom stereocenters. The van der Waals surface area contributed by atoms with Gasteiger partial charge in [-0.2, -0.15) is 10.2 Å².